The van der Waals surface area contributed by atoms with Gasteiger partial charge in [0.1, 0.15) is 0 Å². The van der Waals surface area contributed by atoms with Crippen LogP contribution in [0.5, 0.6) is 0 Å². The second-order valence-corrected chi connectivity index (χ2v) is 4.75. The highest BCUT2D eigenvalue weighted by Crippen LogP contribution is 2.04. The Morgan fingerprint density at radius 1 is 1.12 bits per heavy atom. The van der Waals surface area contributed by atoms with Crippen molar-refractivity contribution in [3.05, 3.63) is 0 Å². The smallest absolute Gasteiger partial charge is 0.224 e. The molecule has 0 radical (unpaired) electrons. The first-order valence-corrected chi connectivity index (χ1v) is 7.16. The average Bonchev–Trinajstić information content (AvgIpc) is 2.29. The van der Waals surface area contributed by atoms with Crippen LogP contribution in [-0.4, -0.2) is 36.5 Å². The van der Waals surface area contributed by atoms with Crippen LogP contribution in [0.4, 0.5) is 0 Å². The molecule has 1 atom stereocenters. The molecule has 0 fully saturated rings. The van der Waals surface area contributed by atoms with E-state index >= 15 is 0 Å². The summed E-state index contributed by atoms with van der Waals surface area (Å²) in [6.45, 7) is 11.3. The van der Waals surface area contributed by atoms with E-state index in [-0.39, 0.29) is 0 Å². The molecule has 0 aromatic heterocycles. The third-order valence-electron chi connectivity index (χ3n) is 2.95. The van der Waals surface area contributed by atoms with Gasteiger partial charge in [-0.25, -0.2) is 0 Å². The van der Waals surface area contributed by atoms with Crippen LogP contribution in [0.15, 0.2) is 0 Å². The standard InChI is InChI=1S/C14H30N2O/c1-5-8-10-16(11-9-6-2)14(17)12-13(4)15-7-3/h13,15H,5-12H2,1-4H3. The van der Waals surface area contributed by atoms with Crippen LogP contribution in [0.3, 0.4) is 0 Å². The Morgan fingerprint density at radius 3 is 2.06 bits per heavy atom. The Morgan fingerprint density at radius 2 is 1.65 bits per heavy atom. The average molecular weight is 242 g/mol. The maximum absolute atomic E-state index is 12.1. The van der Waals surface area contributed by atoms with E-state index < -0.39 is 0 Å². The highest BCUT2D eigenvalue weighted by atomic mass is 16.2. The van der Waals surface area contributed by atoms with Gasteiger partial charge in [-0.2, -0.15) is 0 Å². The number of nitrogens with zero attached hydrogens (tertiary/aromatic N) is 1. The van der Waals surface area contributed by atoms with Gasteiger partial charge in [-0.3, -0.25) is 4.79 Å². The summed E-state index contributed by atoms with van der Waals surface area (Å²) in [6.07, 6.45) is 5.16. The van der Waals surface area contributed by atoms with Crippen LogP contribution < -0.4 is 5.32 Å². The molecule has 0 aromatic carbocycles. The second kappa shape index (κ2) is 10.6. The number of hydrogen-bond acceptors (Lipinski definition) is 2. The number of unbranched alkanes of at least 4 members (excludes halogenated alkanes) is 2. The SMILES string of the molecule is CCCCN(CCCC)C(=O)CC(C)NCC. The first-order valence-electron chi connectivity index (χ1n) is 7.16. The van der Waals surface area contributed by atoms with E-state index in [1.165, 1.54) is 0 Å². The number of amides is 1. The molecule has 0 aliphatic carbocycles. The van der Waals surface area contributed by atoms with E-state index in [0.29, 0.717) is 18.4 Å². The quantitative estimate of drug-likeness (QED) is 0.639. The summed E-state index contributed by atoms with van der Waals surface area (Å²) in [4.78, 5) is 14.2. The molecular formula is C14H30N2O. The molecule has 102 valence electrons. The van der Waals surface area contributed by atoms with Gasteiger partial charge in [0.05, 0.1) is 0 Å². The van der Waals surface area contributed by atoms with Crippen LogP contribution in [-0.2, 0) is 4.79 Å². The number of carbonyl (C=O) groups is 1. The third kappa shape index (κ3) is 8.19. The maximum Gasteiger partial charge on any atom is 0.224 e. The Bertz CT molecular complexity index is 187. The Hall–Kier alpha value is -0.570. The fourth-order valence-corrected chi connectivity index (χ4v) is 1.87. The predicted molar refractivity (Wildman–Crippen MR) is 74.2 cm³/mol. The molecule has 0 saturated heterocycles. The summed E-state index contributed by atoms with van der Waals surface area (Å²) >= 11 is 0. The molecule has 0 aliphatic rings. The maximum atomic E-state index is 12.1. The van der Waals surface area contributed by atoms with Gasteiger partial charge < -0.3 is 10.2 Å². The van der Waals surface area contributed by atoms with E-state index in [1.807, 2.05) is 4.90 Å². The molecule has 0 rings (SSSR count). The van der Waals surface area contributed by atoms with E-state index in [2.05, 4.69) is 33.0 Å². The molecule has 0 saturated carbocycles. The van der Waals surface area contributed by atoms with Gasteiger partial charge in [-0.15, -0.1) is 0 Å². The van der Waals surface area contributed by atoms with E-state index in [4.69, 9.17) is 0 Å². The van der Waals surface area contributed by atoms with Gasteiger partial charge in [-0.1, -0.05) is 33.6 Å². The first kappa shape index (κ1) is 16.4. The van der Waals surface area contributed by atoms with Gasteiger partial charge in [0.25, 0.3) is 0 Å². The van der Waals surface area contributed by atoms with Crippen molar-refractivity contribution in [2.75, 3.05) is 19.6 Å². The van der Waals surface area contributed by atoms with Crippen LogP contribution in [0.25, 0.3) is 0 Å². The number of rotatable bonds is 10. The Balaban J connectivity index is 4.10. The summed E-state index contributed by atoms with van der Waals surface area (Å²) in [5, 5.41) is 3.30. The number of nitrogens with one attached hydrogen (secondary N) is 1. The fraction of sp³-hybridized carbons (Fsp3) is 0.929. The lowest BCUT2D eigenvalue weighted by molar-refractivity contribution is -0.131. The number of carbonyl (C=O) groups excluding carboxylic acids is 1. The molecular weight excluding hydrogens is 212 g/mol. The lowest BCUT2D eigenvalue weighted by Gasteiger charge is -2.24. The molecule has 0 heterocycles. The molecule has 3 heteroatoms. The minimum atomic E-state index is 0.290. The topological polar surface area (TPSA) is 32.3 Å². The lowest BCUT2D eigenvalue weighted by Crippen LogP contribution is -2.38. The Kier molecular flexibility index (Phi) is 10.2. The summed E-state index contributed by atoms with van der Waals surface area (Å²) in [5.74, 6) is 0.306. The highest BCUT2D eigenvalue weighted by Gasteiger charge is 2.15. The van der Waals surface area contributed by atoms with Crippen LogP contribution in [0.2, 0.25) is 0 Å². The lowest BCUT2D eigenvalue weighted by atomic mass is 10.2. The molecule has 17 heavy (non-hydrogen) atoms. The van der Waals surface area contributed by atoms with Gasteiger partial charge in [-0.05, 0) is 26.3 Å². The Labute approximate surface area is 107 Å². The van der Waals surface area contributed by atoms with Gasteiger partial charge in [0.15, 0.2) is 0 Å². The zero-order valence-corrected chi connectivity index (χ0v) is 12.1. The molecule has 0 aromatic rings. The zero-order chi connectivity index (χ0) is 13.1. The minimum absolute atomic E-state index is 0.290. The van der Waals surface area contributed by atoms with E-state index in [9.17, 15) is 4.79 Å². The molecule has 1 unspecified atom stereocenters. The van der Waals surface area contributed by atoms with Crippen molar-refractivity contribution < 1.29 is 4.79 Å². The van der Waals surface area contributed by atoms with Crippen molar-refractivity contribution in [3.8, 4) is 0 Å². The van der Waals surface area contributed by atoms with Gasteiger partial charge in [0.2, 0.25) is 5.91 Å². The molecule has 0 spiro atoms. The van der Waals surface area contributed by atoms with Crippen LogP contribution in [0, 0.1) is 0 Å². The van der Waals surface area contributed by atoms with Crippen molar-refractivity contribution in [1.82, 2.24) is 10.2 Å². The minimum Gasteiger partial charge on any atom is -0.343 e. The molecule has 1 amide bonds. The van der Waals surface area contributed by atoms with E-state index in [1.54, 1.807) is 0 Å². The normalized spacial score (nSPS) is 12.5. The van der Waals surface area contributed by atoms with Gasteiger partial charge >= 0.3 is 0 Å². The monoisotopic (exact) mass is 242 g/mol. The van der Waals surface area contributed by atoms with Crippen molar-refractivity contribution in [2.45, 2.75) is 65.8 Å². The fourth-order valence-electron chi connectivity index (χ4n) is 1.87. The van der Waals surface area contributed by atoms with E-state index in [0.717, 1.165) is 45.3 Å². The van der Waals surface area contributed by atoms with Crippen molar-refractivity contribution in [1.29, 1.82) is 0 Å². The summed E-state index contributed by atoms with van der Waals surface area (Å²) < 4.78 is 0. The van der Waals surface area contributed by atoms with Crippen molar-refractivity contribution >= 4 is 5.91 Å². The van der Waals surface area contributed by atoms with Crippen LogP contribution in [0.1, 0.15) is 59.8 Å². The summed E-state index contributed by atoms with van der Waals surface area (Å²) in [6, 6.07) is 0.290. The molecule has 3 nitrogen and oxygen atoms in total. The highest BCUT2D eigenvalue weighted by molar-refractivity contribution is 5.76. The summed E-state index contributed by atoms with van der Waals surface area (Å²) in [5.41, 5.74) is 0. The van der Waals surface area contributed by atoms with Gasteiger partial charge in [0, 0.05) is 25.6 Å². The predicted octanol–water partition coefficient (Wildman–Crippen LogP) is 2.80. The largest absolute Gasteiger partial charge is 0.343 e. The molecule has 0 bridgehead atoms. The number of hydrogen-bond donors (Lipinski definition) is 1. The summed E-state index contributed by atoms with van der Waals surface area (Å²) in [7, 11) is 0. The first-order chi connectivity index (χ1) is 8.15. The second-order valence-electron chi connectivity index (χ2n) is 4.75. The third-order valence-corrected chi connectivity index (χ3v) is 2.95. The zero-order valence-electron chi connectivity index (χ0n) is 12.1. The van der Waals surface area contributed by atoms with Crippen LogP contribution >= 0.6 is 0 Å². The van der Waals surface area contributed by atoms with Crippen molar-refractivity contribution in [2.24, 2.45) is 0 Å². The molecule has 0 aliphatic heterocycles. The van der Waals surface area contributed by atoms with Crippen molar-refractivity contribution in [3.63, 3.8) is 0 Å². The molecule has 1 N–H and O–H groups in total.